The van der Waals surface area contributed by atoms with Crippen LogP contribution in [0, 0.1) is 11.6 Å². The number of aromatic nitrogens is 3. The summed E-state index contributed by atoms with van der Waals surface area (Å²) in [5.74, 6) is -1.39. The quantitative estimate of drug-likeness (QED) is 0.311. The summed E-state index contributed by atoms with van der Waals surface area (Å²) in [7, 11) is 0. The molecule has 10 heteroatoms. The van der Waals surface area contributed by atoms with Gasteiger partial charge in [-0.2, -0.15) is 0 Å². The fourth-order valence-corrected chi connectivity index (χ4v) is 5.22. The van der Waals surface area contributed by atoms with Gasteiger partial charge in [-0.3, -0.25) is 9.69 Å². The van der Waals surface area contributed by atoms with Crippen molar-refractivity contribution in [2.24, 2.45) is 0 Å². The number of thiophene rings is 1. The molecule has 3 aromatic heterocycles. The Morgan fingerprint density at radius 1 is 1.21 bits per heavy atom. The van der Waals surface area contributed by atoms with Crippen molar-refractivity contribution in [2.45, 2.75) is 17.7 Å². The van der Waals surface area contributed by atoms with Gasteiger partial charge in [0.2, 0.25) is 5.91 Å². The smallest absolute Gasteiger partial charge is 0.230 e. The van der Waals surface area contributed by atoms with Crippen LogP contribution in [0.3, 0.4) is 0 Å². The third-order valence-electron chi connectivity index (χ3n) is 3.78. The second-order valence-corrected chi connectivity index (χ2v) is 8.37. The van der Waals surface area contributed by atoms with Crippen LogP contribution in [0.1, 0.15) is 12.6 Å². The van der Waals surface area contributed by atoms with Crippen molar-refractivity contribution in [1.82, 2.24) is 15.0 Å². The summed E-state index contributed by atoms with van der Waals surface area (Å²) in [6.45, 7) is 1.31. The molecule has 0 bridgehead atoms. The maximum absolute atomic E-state index is 14.2. The number of anilines is 2. The molecular weight excluding hydrogens is 422 g/mol. The highest BCUT2D eigenvalue weighted by molar-refractivity contribution is 7.98. The molecule has 1 amide bonds. The van der Waals surface area contributed by atoms with Gasteiger partial charge in [-0.1, -0.05) is 11.8 Å². The van der Waals surface area contributed by atoms with E-state index in [1.54, 1.807) is 11.3 Å². The summed E-state index contributed by atoms with van der Waals surface area (Å²) in [6.07, 6.45) is 1.53. The van der Waals surface area contributed by atoms with Crippen LogP contribution in [-0.4, -0.2) is 20.9 Å². The Balaban J connectivity index is 1.57. The topological polar surface area (TPSA) is 59.0 Å². The first-order chi connectivity index (χ1) is 13.5. The van der Waals surface area contributed by atoms with Gasteiger partial charge in [0, 0.05) is 29.5 Å². The number of halogens is 2. The average molecular weight is 435 g/mol. The molecule has 1 aromatic carbocycles. The van der Waals surface area contributed by atoms with Crippen LogP contribution in [0.4, 0.5) is 19.6 Å². The number of rotatable bonds is 5. The maximum atomic E-state index is 14.2. The highest BCUT2D eigenvalue weighted by Gasteiger charge is 2.21. The van der Waals surface area contributed by atoms with Crippen LogP contribution in [0.15, 0.2) is 46.4 Å². The SMILES string of the molecule is CC(=O)N(c1nc(CSc2ncnc3sccc23)cs1)c1ccc(F)cc1F. The molecule has 0 unspecified atom stereocenters. The minimum Gasteiger partial charge on any atom is -0.274 e. The molecule has 5 nitrogen and oxygen atoms in total. The number of nitrogens with zero attached hydrogens (tertiary/aromatic N) is 4. The zero-order valence-electron chi connectivity index (χ0n) is 14.4. The van der Waals surface area contributed by atoms with E-state index in [0.29, 0.717) is 10.9 Å². The molecule has 0 fully saturated rings. The molecule has 0 radical (unpaired) electrons. The lowest BCUT2D eigenvalue weighted by Crippen LogP contribution is -2.23. The van der Waals surface area contributed by atoms with Gasteiger partial charge in [0.1, 0.15) is 27.8 Å². The molecule has 3 heterocycles. The third kappa shape index (κ3) is 3.75. The molecule has 28 heavy (non-hydrogen) atoms. The van der Waals surface area contributed by atoms with Crippen LogP contribution < -0.4 is 4.90 Å². The number of thiazole rings is 1. The normalized spacial score (nSPS) is 11.1. The summed E-state index contributed by atoms with van der Waals surface area (Å²) in [5, 5.41) is 5.95. The standard InChI is InChI=1S/C18H12F2N4OS3/c1-10(25)24(15-3-2-11(19)6-14(15)20)18-23-12(8-28-18)7-27-17-13-4-5-26-16(13)21-9-22-17/h2-6,8-9H,7H2,1H3. The average Bonchev–Trinajstić information content (AvgIpc) is 3.31. The van der Waals surface area contributed by atoms with Crippen molar-refractivity contribution in [3.05, 3.63) is 58.7 Å². The van der Waals surface area contributed by atoms with Crippen LogP contribution in [-0.2, 0) is 10.5 Å². The molecule has 0 atom stereocenters. The highest BCUT2D eigenvalue weighted by Crippen LogP contribution is 2.34. The van der Waals surface area contributed by atoms with Crippen molar-refractivity contribution in [2.75, 3.05) is 4.90 Å². The van der Waals surface area contributed by atoms with Gasteiger partial charge in [0.15, 0.2) is 5.13 Å². The van der Waals surface area contributed by atoms with Crippen molar-refractivity contribution in [3.63, 3.8) is 0 Å². The monoisotopic (exact) mass is 434 g/mol. The Kier molecular flexibility index (Phi) is 5.33. The number of hydrogen-bond acceptors (Lipinski definition) is 7. The van der Waals surface area contributed by atoms with Crippen LogP contribution in [0.2, 0.25) is 0 Å². The summed E-state index contributed by atoms with van der Waals surface area (Å²) < 4.78 is 27.4. The lowest BCUT2D eigenvalue weighted by Gasteiger charge is -2.18. The number of carbonyl (C=O) groups excluding carboxylic acids is 1. The van der Waals surface area contributed by atoms with Gasteiger partial charge in [-0.25, -0.2) is 23.7 Å². The van der Waals surface area contributed by atoms with Crippen molar-refractivity contribution >= 4 is 61.4 Å². The highest BCUT2D eigenvalue weighted by atomic mass is 32.2. The van der Waals surface area contributed by atoms with E-state index in [-0.39, 0.29) is 5.69 Å². The molecule has 0 aliphatic carbocycles. The zero-order chi connectivity index (χ0) is 19.7. The third-order valence-corrected chi connectivity index (χ3v) is 6.51. The second-order valence-electron chi connectivity index (χ2n) is 5.68. The molecule has 142 valence electrons. The maximum Gasteiger partial charge on any atom is 0.230 e. The Labute approximate surface area is 171 Å². The first-order valence-corrected chi connectivity index (χ1v) is 10.8. The van der Waals surface area contributed by atoms with Gasteiger partial charge >= 0.3 is 0 Å². The van der Waals surface area contributed by atoms with E-state index in [2.05, 4.69) is 15.0 Å². The van der Waals surface area contributed by atoms with Gasteiger partial charge in [0.25, 0.3) is 0 Å². The summed E-state index contributed by atoms with van der Waals surface area (Å²) in [6, 6.07) is 5.07. The number of hydrogen-bond donors (Lipinski definition) is 0. The lowest BCUT2D eigenvalue weighted by molar-refractivity contribution is -0.115. The molecule has 4 rings (SSSR count). The molecule has 0 aliphatic rings. The zero-order valence-corrected chi connectivity index (χ0v) is 16.9. The van der Waals surface area contributed by atoms with E-state index in [1.165, 1.54) is 42.4 Å². The molecule has 0 aliphatic heterocycles. The Morgan fingerprint density at radius 2 is 2.07 bits per heavy atom. The van der Waals surface area contributed by atoms with E-state index in [4.69, 9.17) is 0 Å². The van der Waals surface area contributed by atoms with Crippen LogP contribution in [0.25, 0.3) is 10.2 Å². The van der Waals surface area contributed by atoms with Gasteiger partial charge in [-0.05, 0) is 23.6 Å². The number of fused-ring (bicyclic) bond motifs is 1. The van der Waals surface area contributed by atoms with Crippen molar-refractivity contribution < 1.29 is 13.6 Å². The fourth-order valence-electron chi connectivity index (χ4n) is 2.56. The van der Waals surface area contributed by atoms with Crippen molar-refractivity contribution in [1.29, 1.82) is 0 Å². The number of carbonyl (C=O) groups is 1. The molecular formula is C18H12F2N4OS3. The van der Waals surface area contributed by atoms with Gasteiger partial charge < -0.3 is 0 Å². The number of thioether (sulfide) groups is 1. The number of amides is 1. The summed E-state index contributed by atoms with van der Waals surface area (Å²) in [5.41, 5.74) is 0.707. The predicted octanol–water partition coefficient (Wildman–Crippen LogP) is 5.40. The predicted molar refractivity (Wildman–Crippen MR) is 108 cm³/mol. The minimum absolute atomic E-state index is 0.0294. The molecule has 0 saturated heterocycles. The molecule has 0 spiro atoms. The first-order valence-electron chi connectivity index (χ1n) is 8.04. The minimum atomic E-state index is -0.817. The first kappa shape index (κ1) is 18.9. The Hall–Kier alpha value is -2.43. The van der Waals surface area contributed by atoms with Gasteiger partial charge in [-0.15, -0.1) is 22.7 Å². The number of benzene rings is 1. The van der Waals surface area contributed by atoms with E-state index >= 15 is 0 Å². The van der Waals surface area contributed by atoms with E-state index in [1.807, 2.05) is 16.8 Å². The lowest BCUT2D eigenvalue weighted by atomic mass is 10.2. The Morgan fingerprint density at radius 3 is 2.86 bits per heavy atom. The fraction of sp³-hybridized carbons (Fsp3) is 0.111. The van der Waals surface area contributed by atoms with Crippen LogP contribution >= 0.6 is 34.4 Å². The van der Waals surface area contributed by atoms with Gasteiger partial charge in [0.05, 0.1) is 11.4 Å². The second kappa shape index (κ2) is 7.90. The van der Waals surface area contributed by atoms with Crippen LogP contribution in [0.5, 0.6) is 0 Å². The largest absolute Gasteiger partial charge is 0.274 e. The Bertz CT molecular complexity index is 1160. The molecule has 0 N–H and O–H groups in total. The van der Waals surface area contributed by atoms with E-state index < -0.39 is 17.5 Å². The van der Waals surface area contributed by atoms with Crippen molar-refractivity contribution in [3.8, 4) is 0 Å². The molecule has 0 saturated carbocycles. The van der Waals surface area contributed by atoms with E-state index in [0.717, 1.165) is 38.0 Å². The molecule has 4 aromatic rings. The summed E-state index contributed by atoms with van der Waals surface area (Å²) in [4.78, 5) is 27.2. The van der Waals surface area contributed by atoms with E-state index in [9.17, 15) is 13.6 Å². The summed E-state index contributed by atoms with van der Waals surface area (Å²) >= 11 is 4.29.